The normalized spacial score (nSPS) is 13.4. The van der Waals surface area contributed by atoms with Gasteiger partial charge in [0.25, 0.3) is 0 Å². The number of halogens is 9. The second-order valence-corrected chi connectivity index (χ2v) is 24.0. The fourth-order valence-corrected chi connectivity index (χ4v) is 4.16. The third kappa shape index (κ3) is 5.67. The first kappa shape index (κ1) is 21.3. The third-order valence-corrected chi connectivity index (χ3v) is 6.26. The Labute approximate surface area is 193 Å². The SMILES string of the molecule is C=Cc1c(C(Br)(Br)Br)cc(C(Br)(Br)Br)cc1C(Br)(Br)Br. The van der Waals surface area contributed by atoms with Gasteiger partial charge in [-0.1, -0.05) is 156 Å². The van der Waals surface area contributed by atoms with Gasteiger partial charge in [-0.15, -0.1) is 0 Å². The molecule has 0 spiro atoms. The minimum Gasteiger partial charge on any atom is -0.0984 e. The molecule has 1 rings (SSSR count). The van der Waals surface area contributed by atoms with E-state index in [0.717, 1.165) is 22.3 Å². The Balaban J connectivity index is 3.80. The maximum Gasteiger partial charge on any atom is 0.160 e. The summed E-state index contributed by atoms with van der Waals surface area (Å²) in [4.78, 5) is 0. The molecule has 9 heteroatoms. The van der Waals surface area contributed by atoms with Crippen molar-refractivity contribution in [1.82, 2.24) is 0 Å². The molecule has 0 aliphatic heterocycles. The van der Waals surface area contributed by atoms with Gasteiger partial charge in [-0.25, -0.2) is 0 Å². The quantitative estimate of drug-likeness (QED) is 0.248. The van der Waals surface area contributed by atoms with Crippen LogP contribution in [-0.2, 0) is 6.43 Å². The largest absolute Gasteiger partial charge is 0.160 e. The van der Waals surface area contributed by atoms with E-state index < -0.39 is 6.43 Å². The average Bonchev–Trinajstić information content (AvgIpc) is 2.23. The van der Waals surface area contributed by atoms with Crippen molar-refractivity contribution in [2.24, 2.45) is 0 Å². The molecule has 0 bridgehead atoms. The molecular formula is C11H5Br9. The van der Waals surface area contributed by atoms with Crippen LogP contribution in [0.15, 0.2) is 18.7 Å². The standard InChI is InChI=1S/C11H5Br9/c1-2-6-7(10(15,16)17)3-5(9(12,13)14)4-8(6)11(18,19)20/h2-4H,1H2. The van der Waals surface area contributed by atoms with Gasteiger partial charge >= 0.3 is 0 Å². The smallest absolute Gasteiger partial charge is 0.0984 e. The molecule has 0 saturated heterocycles. The Bertz CT molecular complexity index is 481. The summed E-state index contributed by atoms with van der Waals surface area (Å²) >= 11 is 32.1. The minimum atomic E-state index is -0.558. The summed E-state index contributed by atoms with van der Waals surface area (Å²) in [5, 5.41) is 0. The molecule has 0 saturated carbocycles. The molecule has 1 aromatic rings. The fourth-order valence-electron chi connectivity index (χ4n) is 1.51. The molecule has 112 valence electrons. The zero-order valence-corrected chi connectivity index (χ0v) is 23.6. The monoisotopic (exact) mass is 847 g/mol. The highest BCUT2D eigenvalue weighted by Crippen LogP contribution is 2.55. The molecule has 0 aromatic heterocycles. The Kier molecular flexibility index (Phi) is 8.17. The summed E-state index contributed by atoms with van der Waals surface area (Å²) in [5.74, 6) is 0. The van der Waals surface area contributed by atoms with E-state index >= 15 is 0 Å². The lowest BCUT2D eigenvalue weighted by molar-refractivity contribution is 1.21. The van der Waals surface area contributed by atoms with E-state index in [4.69, 9.17) is 0 Å². The van der Waals surface area contributed by atoms with Gasteiger partial charge in [-0.05, 0) is 34.4 Å². The van der Waals surface area contributed by atoms with Gasteiger partial charge < -0.3 is 0 Å². The van der Waals surface area contributed by atoms with Crippen molar-refractivity contribution in [1.29, 1.82) is 0 Å². The lowest BCUT2D eigenvalue weighted by atomic mass is 10.00. The maximum absolute atomic E-state index is 3.91. The first-order valence-corrected chi connectivity index (χ1v) is 11.9. The lowest BCUT2D eigenvalue weighted by Gasteiger charge is -2.26. The van der Waals surface area contributed by atoms with Gasteiger partial charge in [0.05, 0.1) is 0 Å². The summed E-state index contributed by atoms with van der Waals surface area (Å²) in [6.45, 7) is 3.91. The highest BCUT2D eigenvalue weighted by Gasteiger charge is 2.34. The molecule has 20 heavy (non-hydrogen) atoms. The highest BCUT2D eigenvalue weighted by atomic mass is 80.0. The average molecular weight is 856 g/mol. The molecule has 0 unspecified atom stereocenters. The molecule has 0 atom stereocenters. The predicted molar refractivity (Wildman–Crippen MR) is 122 cm³/mol. The van der Waals surface area contributed by atoms with Gasteiger partial charge in [0.1, 0.15) is 0 Å². The molecule has 0 heterocycles. The van der Waals surface area contributed by atoms with Crippen molar-refractivity contribution >= 4 is 149 Å². The van der Waals surface area contributed by atoms with Crippen LogP contribution >= 0.6 is 143 Å². The zero-order valence-electron chi connectivity index (χ0n) is 9.34. The van der Waals surface area contributed by atoms with E-state index in [1.807, 2.05) is 18.2 Å². The topological polar surface area (TPSA) is 0 Å². The van der Waals surface area contributed by atoms with E-state index in [1.165, 1.54) is 0 Å². The molecule has 0 amide bonds. The van der Waals surface area contributed by atoms with E-state index in [2.05, 4.69) is 150 Å². The summed E-state index contributed by atoms with van der Waals surface area (Å²) in [7, 11) is 0. The van der Waals surface area contributed by atoms with Crippen LogP contribution in [0.2, 0.25) is 0 Å². The van der Waals surface area contributed by atoms with E-state index in [9.17, 15) is 0 Å². The maximum atomic E-state index is 3.91. The first-order valence-electron chi connectivity index (χ1n) is 4.80. The van der Waals surface area contributed by atoms with Gasteiger partial charge in [-0.3, -0.25) is 0 Å². The van der Waals surface area contributed by atoms with Crippen LogP contribution in [0.25, 0.3) is 6.08 Å². The van der Waals surface area contributed by atoms with Crippen molar-refractivity contribution in [3.05, 3.63) is 41.0 Å². The minimum absolute atomic E-state index is 0.521. The van der Waals surface area contributed by atoms with E-state index in [-0.39, 0.29) is 0 Å². The Morgan fingerprint density at radius 2 is 1.05 bits per heavy atom. The Hall–Kier alpha value is 3.28. The van der Waals surface area contributed by atoms with Crippen molar-refractivity contribution < 1.29 is 0 Å². The first-order chi connectivity index (χ1) is 8.78. The Morgan fingerprint density at radius 1 is 0.700 bits per heavy atom. The zero-order chi connectivity index (χ0) is 15.9. The summed E-state index contributed by atoms with van der Waals surface area (Å²) in [5.41, 5.74) is 3.91. The van der Waals surface area contributed by atoms with Crippen LogP contribution in [0.3, 0.4) is 0 Å². The van der Waals surface area contributed by atoms with Crippen LogP contribution in [0.4, 0.5) is 0 Å². The molecule has 1 aromatic carbocycles. The lowest BCUT2D eigenvalue weighted by Crippen LogP contribution is -2.12. The van der Waals surface area contributed by atoms with Gasteiger partial charge in [0.2, 0.25) is 0 Å². The second kappa shape index (κ2) is 7.67. The summed E-state index contributed by atoms with van der Waals surface area (Å²) in [6, 6.07) is 4.07. The van der Waals surface area contributed by atoms with Crippen LogP contribution in [0.1, 0.15) is 22.3 Å². The summed E-state index contributed by atoms with van der Waals surface area (Å²) < 4.78 is -1.64. The number of benzene rings is 1. The van der Waals surface area contributed by atoms with Crippen molar-refractivity contribution in [3.8, 4) is 0 Å². The van der Waals surface area contributed by atoms with Gasteiger partial charge in [0.15, 0.2) is 6.43 Å². The van der Waals surface area contributed by atoms with Crippen molar-refractivity contribution in [2.75, 3.05) is 0 Å². The molecule has 0 aliphatic carbocycles. The second-order valence-electron chi connectivity index (χ2n) is 3.68. The number of alkyl halides is 9. The molecular weight excluding hydrogens is 851 g/mol. The van der Waals surface area contributed by atoms with Gasteiger partial charge in [-0.2, -0.15) is 0 Å². The number of hydrogen-bond acceptors (Lipinski definition) is 0. The Morgan fingerprint density at radius 3 is 1.25 bits per heavy atom. The third-order valence-electron chi connectivity index (χ3n) is 2.32. The summed E-state index contributed by atoms with van der Waals surface area (Å²) in [6.07, 6.45) is 1.81. The van der Waals surface area contributed by atoms with Crippen LogP contribution in [0.5, 0.6) is 0 Å². The number of rotatable bonds is 1. The molecule has 0 fully saturated rings. The van der Waals surface area contributed by atoms with Crippen molar-refractivity contribution in [3.63, 3.8) is 0 Å². The fraction of sp³-hybridized carbons (Fsp3) is 0.273. The molecule has 0 N–H and O–H groups in total. The van der Waals surface area contributed by atoms with Crippen molar-refractivity contribution in [2.45, 2.75) is 6.43 Å². The molecule has 0 nitrogen and oxygen atoms in total. The van der Waals surface area contributed by atoms with Crippen LogP contribution < -0.4 is 0 Å². The van der Waals surface area contributed by atoms with E-state index in [1.54, 1.807) is 0 Å². The molecule has 0 radical (unpaired) electrons. The predicted octanol–water partition coefficient (Wildman–Crippen LogP) is 9.21. The van der Waals surface area contributed by atoms with Gasteiger partial charge in [0, 0.05) is 0 Å². The van der Waals surface area contributed by atoms with E-state index in [0.29, 0.717) is 0 Å². The highest BCUT2D eigenvalue weighted by molar-refractivity contribution is 9.39. The number of hydrogen-bond donors (Lipinski definition) is 0. The van der Waals surface area contributed by atoms with Crippen LogP contribution in [-0.4, -0.2) is 0 Å². The molecule has 0 aliphatic rings. The van der Waals surface area contributed by atoms with Crippen LogP contribution in [0, 0.1) is 0 Å².